The molecule has 7 nitrogen and oxygen atoms in total. The van der Waals surface area contributed by atoms with Gasteiger partial charge in [-0.2, -0.15) is 4.98 Å². The van der Waals surface area contributed by atoms with Gasteiger partial charge in [0.05, 0.1) is 15.9 Å². The van der Waals surface area contributed by atoms with Crippen molar-refractivity contribution in [2.24, 2.45) is 0 Å². The zero-order chi connectivity index (χ0) is 17.6. The molecule has 0 saturated carbocycles. The van der Waals surface area contributed by atoms with Gasteiger partial charge in [-0.05, 0) is 49.1 Å². The van der Waals surface area contributed by atoms with Crippen molar-refractivity contribution in [1.82, 2.24) is 19.7 Å². The van der Waals surface area contributed by atoms with Crippen LogP contribution in [0, 0.1) is 6.92 Å². The molecular weight excluding hydrogens is 340 g/mol. The Morgan fingerprint density at radius 3 is 2.84 bits per heavy atom. The van der Waals surface area contributed by atoms with Gasteiger partial charge < -0.3 is 14.1 Å². The van der Waals surface area contributed by atoms with E-state index in [0.717, 1.165) is 10.4 Å². The highest BCUT2D eigenvalue weighted by atomic mass is 32.1. The SMILES string of the molecule is CCn1c(=O)c(=O)[nH]c2cc(-c3noc(-c4sccc4C)n3)ccc21. The van der Waals surface area contributed by atoms with Gasteiger partial charge in [-0.15, -0.1) is 11.3 Å². The van der Waals surface area contributed by atoms with Gasteiger partial charge in [-0.3, -0.25) is 9.59 Å². The molecule has 0 fully saturated rings. The van der Waals surface area contributed by atoms with Crippen molar-refractivity contribution in [3.05, 3.63) is 55.9 Å². The number of hydrogen-bond donors (Lipinski definition) is 1. The number of nitrogens with zero attached hydrogens (tertiary/aromatic N) is 3. The van der Waals surface area contributed by atoms with E-state index in [4.69, 9.17) is 4.52 Å². The molecule has 0 bridgehead atoms. The largest absolute Gasteiger partial charge is 0.333 e. The summed E-state index contributed by atoms with van der Waals surface area (Å²) in [5, 5.41) is 6.00. The molecule has 1 aromatic carbocycles. The minimum Gasteiger partial charge on any atom is -0.333 e. The first-order valence-electron chi connectivity index (χ1n) is 7.74. The Kier molecular flexibility index (Phi) is 3.61. The topological polar surface area (TPSA) is 93.8 Å². The number of hydrogen-bond acceptors (Lipinski definition) is 6. The third-order valence-corrected chi connectivity index (χ3v) is 5.04. The quantitative estimate of drug-likeness (QED) is 0.571. The fourth-order valence-corrected chi connectivity index (χ4v) is 3.60. The van der Waals surface area contributed by atoms with Crippen LogP contribution in [0.5, 0.6) is 0 Å². The maximum Gasteiger partial charge on any atom is 0.316 e. The highest BCUT2D eigenvalue weighted by molar-refractivity contribution is 7.13. The molecule has 126 valence electrons. The van der Waals surface area contributed by atoms with E-state index in [1.165, 1.54) is 4.57 Å². The van der Waals surface area contributed by atoms with Gasteiger partial charge in [0, 0.05) is 12.1 Å². The number of H-pyrrole nitrogens is 1. The van der Waals surface area contributed by atoms with Gasteiger partial charge in [0.15, 0.2) is 0 Å². The predicted molar refractivity (Wildman–Crippen MR) is 95.8 cm³/mol. The summed E-state index contributed by atoms with van der Waals surface area (Å²) in [5.41, 5.74) is 1.80. The van der Waals surface area contributed by atoms with Crippen LogP contribution < -0.4 is 11.1 Å². The fraction of sp³-hybridized carbons (Fsp3) is 0.176. The van der Waals surface area contributed by atoms with E-state index in [0.29, 0.717) is 34.9 Å². The van der Waals surface area contributed by atoms with Crippen LogP contribution in [-0.4, -0.2) is 19.7 Å². The second-order valence-corrected chi connectivity index (χ2v) is 6.51. The van der Waals surface area contributed by atoms with Crippen LogP contribution in [0.2, 0.25) is 0 Å². The van der Waals surface area contributed by atoms with Crippen LogP contribution in [0.3, 0.4) is 0 Å². The lowest BCUT2D eigenvalue weighted by atomic mass is 10.2. The summed E-state index contributed by atoms with van der Waals surface area (Å²) in [7, 11) is 0. The van der Waals surface area contributed by atoms with Crippen molar-refractivity contribution in [1.29, 1.82) is 0 Å². The number of aryl methyl sites for hydroxylation is 2. The molecule has 0 radical (unpaired) electrons. The van der Waals surface area contributed by atoms with Gasteiger partial charge in [-0.25, -0.2) is 0 Å². The molecule has 3 aromatic heterocycles. The average Bonchev–Trinajstić information content (AvgIpc) is 3.24. The first-order chi connectivity index (χ1) is 12.1. The molecule has 0 saturated heterocycles. The van der Waals surface area contributed by atoms with E-state index in [9.17, 15) is 9.59 Å². The number of thiophene rings is 1. The van der Waals surface area contributed by atoms with Crippen LogP contribution in [-0.2, 0) is 6.54 Å². The molecule has 1 N–H and O–H groups in total. The molecule has 4 rings (SSSR count). The Labute approximate surface area is 145 Å². The molecule has 8 heteroatoms. The number of fused-ring (bicyclic) bond motifs is 1. The number of aromatic amines is 1. The molecule has 3 heterocycles. The smallest absolute Gasteiger partial charge is 0.316 e. The van der Waals surface area contributed by atoms with E-state index >= 15 is 0 Å². The van der Waals surface area contributed by atoms with Crippen LogP contribution in [0.1, 0.15) is 12.5 Å². The maximum atomic E-state index is 11.9. The van der Waals surface area contributed by atoms with Crippen LogP contribution in [0.4, 0.5) is 0 Å². The van der Waals surface area contributed by atoms with Gasteiger partial charge in [0.2, 0.25) is 5.82 Å². The Morgan fingerprint density at radius 2 is 2.12 bits per heavy atom. The molecule has 0 amide bonds. The van der Waals surface area contributed by atoms with Gasteiger partial charge >= 0.3 is 11.1 Å². The second-order valence-electron chi connectivity index (χ2n) is 5.59. The van der Waals surface area contributed by atoms with Crippen molar-refractivity contribution in [3.63, 3.8) is 0 Å². The second kappa shape index (κ2) is 5.82. The summed E-state index contributed by atoms with van der Waals surface area (Å²) in [6, 6.07) is 7.33. The Balaban J connectivity index is 1.84. The number of nitrogens with one attached hydrogen (secondary N) is 1. The molecule has 0 atom stereocenters. The maximum absolute atomic E-state index is 11.9. The summed E-state index contributed by atoms with van der Waals surface area (Å²) in [6.07, 6.45) is 0. The third kappa shape index (κ3) is 2.51. The summed E-state index contributed by atoms with van der Waals surface area (Å²) in [5.74, 6) is 0.898. The summed E-state index contributed by atoms with van der Waals surface area (Å²) in [4.78, 5) is 31.7. The lowest BCUT2D eigenvalue weighted by molar-refractivity contribution is 0.433. The summed E-state index contributed by atoms with van der Waals surface area (Å²) < 4.78 is 6.81. The lowest BCUT2D eigenvalue weighted by Crippen LogP contribution is -2.35. The molecule has 4 aromatic rings. The minimum absolute atomic E-state index is 0.419. The molecule has 0 aliphatic rings. The summed E-state index contributed by atoms with van der Waals surface area (Å²) in [6.45, 7) is 4.23. The Hall–Kier alpha value is -3.00. The van der Waals surface area contributed by atoms with Gasteiger partial charge in [0.1, 0.15) is 0 Å². The van der Waals surface area contributed by atoms with E-state index in [1.54, 1.807) is 23.5 Å². The van der Waals surface area contributed by atoms with Crippen LogP contribution >= 0.6 is 11.3 Å². The van der Waals surface area contributed by atoms with E-state index < -0.39 is 11.1 Å². The molecule has 0 unspecified atom stereocenters. The average molecular weight is 354 g/mol. The zero-order valence-corrected chi connectivity index (χ0v) is 14.4. The van der Waals surface area contributed by atoms with Crippen LogP contribution in [0.15, 0.2) is 43.8 Å². The van der Waals surface area contributed by atoms with Crippen molar-refractivity contribution in [3.8, 4) is 22.2 Å². The van der Waals surface area contributed by atoms with Gasteiger partial charge in [0.25, 0.3) is 5.89 Å². The predicted octanol–water partition coefficient (Wildman–Crippen LogP) is 2.80. The lowest BCUT2D eigenvalue weighted by Gasteiger charge is -2.07. The molecule has 25 heavy (non-hydrogen) atoms. The first kappa shape index (κ1) is 15.5. The summed E-state index contributed by atoms with van der Waals surface area (Å²) >= 11 is 1.54. The Bertz CT molecular complexity index is 1200. The highest BCUT2D eigenvalue weighted by Gasteiger charge is 2.15. The molecule has 0 aliphatic carbocycles. The van der Waals surface area contributed by atoms with Crippen molar-refractivity contribution in [2.75, 3.05) is 0 Å². The van der Waals surface area contributed by atoms with Crippen molar-refractivity contribution < 1.29 is 4.52 Å². The number of rotatable bonds is 3. The van der Waals surface area contributed by atoms with E-state index in [-0.39, 0.29) is 0 Å². The monoisotopic (exact) mass is 354 g/mol. The Morgan fingerprint density at radius 1 is 1.28 bits per heavy atom. The third-order valence-electron chi connectivity index (χ3n) is 4.03. The standard InChI is InChI=1S/C17H14N4O3S/c1-3-21-12-5-4-10(8-11(12)18-15(22)17(21)23)14-19-16(24-20-14)13-9(2)6-7-25-13/h4-8H,3H2,1-2H3,(H,18,22). The van der Waals surface area contributed by atoms with Crippen molar-refractivity contribution in [2.45, 2.75) is 20.4 Å². The van der Waals surface area contributed by atoms with E-state index in [2.05, 4.69) is 15.1 Å². The zero-order valence-electron chi connectivity index (χ0n) is 13.6. The highest BCUT2D eigenvalue weighted by Crippen LogP contribution is 2.29. The number of aromatic nitrogens is 4. The number of benzene rings is 1. The normalized spacial score (nSPS) is 11.3. The van der Waals surface area contributed by atoms with E-state index in [1.807, 2.05) is 31.4 Å². The van der Waals surface area contributed by atoms with Crippen molar-refractivity contribution >= 4 is 22.4 Å². The van der Waals surface area contributed by atoms with Gasteiger partial charge in [-0.1, -0.05) is 5.16 Å². The molecular formula is C17H14N4O3S. The first-order valence-corrected chi connectivity index (χ1v) is 8.62. The fourth-order valence-electron chi connectivity index (χ4n) is 2.76. The molecule has 0 spiro atoms. The van der Waals surface area contributed by atoms with Crippen LogP contribution in [0.25, 0.3) is 33.2 Å². The minimum atomic E-state index is -0.644. The molecule has 0 aliphatic heterocycles.